The van der Waals surface area contributed by atoms with E-state index in [-0.39, 0.29) is 5.82 Å². The van der Waals surface area contributed by atoms with Gasteiger partial charge in [-0.2, -0.15) is 0 Å². The van der Waals surface area contributed by atoms with Gasteiger partial charge in [-0.1, -0.05) is 18.2 Å². The van der Waals surface area contributed by atoms with Crippen LogP contribution >= 0.6 is 0 Å². The molecule has 0 amide bonds. The molecule has 100 valence electrons. The summed E-state index contributed by atoms with van der Waals surface area (Å²) < 4.78 is 26.6. The Morgan fingerprint density at radius 1 is 1.26 bits per heavy atom. The van der Waals surface area contributed by atoms with Crippen LogP contribution in [-0.2, 0) is 6.54 Å². The molecule has 0 spiro atoms. The molecule has 2 rings (SSSR count). The van der Waals surface area contributed by atoms with E-state index in [0.717, 1.165) is 17.8 Å². The lowest BCUT2D eigenvalue weighted by Crippen LogP contribution is -2.24. The summed E-state index contributed by atoms with van der Waals surface area (Å²) in [6.45, 7) is 2.85. The SMILES string of the molecule is CCN(Cc1ccccc1N)c1ncc(F)cc1F. The van der Waals surface area contributed by atoms with Crippen LogP contribution in [0.3, 0.4) is 0 Å². The van der Waals surface area contributed by atoms with Gasteiger partial charge in [-0.25, -0.2) is 13.8 Å². The third-order valence-corrected chi connectivity index (χ3v) is 2.89. The third kappa shape index (κ3) is 2.99. The average molecular weight is 263 g/mol. The average Bonchev–Trinajstić information content (AvgIpc) is 2.39. The van der Waals surface area contributed by atoms with Gasteiger partial charge in [0.25, 0.3) is 0 Å². The molecule has 0 aliphatic heterocycles. The predicted molar refractivity (Wildman–Crippen MR) is 71.7 cm³/mol. The van der Waals surface area contributed by atoms with Crippen molar-refractivity contribution in [2.75, 3.05) is 17.2 Å². The van der Waals surface area contributed by atoms with Crippen LogP contribution in [0.25, 0.3) is 0 Å². The van der Waals surface area contributed by atoms with E-state index in [1.807, 2.05) is 25.1 Å². The number of benzene rings is 1. The van der Waals surface area contributed by atoms with Crippen LogP contribution in [0.4, 0.5) is 20.3 Å². The van der Waals surface area contributed by atoms with Crippen LogP contribution in [-0.4, -0.2) is 11.5 Å². The molecule has 0 bridgehead atoms. The van der Waals surface area contributed by atoms with Crippen LogP contribution in [0.1, 0.15) is 12.5 Å². The summed E-state index contributed by atoms with van der Waals surface area (Å²) in [5, 5.41) is 0. The maximum Gasteiger partial charge on any atom is 0.168 e. The lowest BCUT2D eigenvalue weighted by molar-refractivity contribution is 0.567. The summed E-state index contributed by atoms with van der Waals surface area (Å²) in [7, 11) is 0. The number of hydrogen-bond acceptors (Lipinski definition) is 3. The highest BCUT2D eigenvalue weighted by Crippen LogP contribution is 2.21. The Labute approximate surface area is 110 Å². The smallest absolute Gasteiger partial charge is 0.168 e. The van der Waals surface area contributed by atoms with Crippen LogP contribution < -0.4 is 10.6 Å². The standard InChI is InChI=1S/C14H15F2N3/c1-2-19(9-10-5-3-4-6-13(10)17)14-12(16)7-11(15)8-18-14/h3-8H,2,9,17H2,1H3. The maximum atomic E-state index is 13.7. The number of nitrogens with two attached hydrogens (primary N) is 1. The molecule has 0 atom stereocenters. The van der Waals surface area contributed by atoms with Gasteiger partial charge in [-0.05, 0) is 18.6 Å². The molecule has 0 unspecified atom stereocenters. The first kappa shape index (κ1) is 13.3. The highest BCUT2D eigenvalue weighted by atomic mass is 19.1. The van der Waals surface area contributed by atoms with Crippen LogP contribution in [0.5, 0.6) is 0 Å². The van der Waals surface area contributed by atoms with Gasteiger partial charge in [-0.15, -0.1) is 0 Å². The van der Waals surface area contributed by atoms with E-state index in [1.54, 1.807) is 11.0 Å². The van der Waals surface area contributed by atoms with Crippen molar-refractivity contribution in [1.29, 1.82) is 0 Å². The number of anilines is 2. The fourth-order valence-electron chi connectivity index (χ4n) is 1.86. The second-order valence-corrected chi connectivity index (χ2v) is 4.17. The highest BCUT2D eigenvalue weighted by Gasteiger charge is 2.14. The van der Waals surface area contributed by atoms with Crippen molar-refractivity contribution in [3.63, 3.8) is 0 Å². The molecular weight excluding hydrogens is 248 g/mol. The second kappa shape index (κ2) is 5.65. The van der Waals surface area contributed by atoms with E-state index < -0.39 is 11.6 Å². The molecular formula is C14H15F2N3. The predicted octanol–water partition coefficient (Wildman–Crippen LogP) is 2.97. The van der Waals surface area contributed by atoms with Crippen molar-refractivity contribution in [3.05, 3.63) is 53.7 Å². The van der Waals surface area contributed by atoms with E-state index in [9.17, 15) is 8.78 Å². The van der Waals surface area contributed by atoms with E-state index >= 15 is 0 Å². The number of aromatic nitrogens is 1. The third-order valence-electron chi connectivity index (χ3n) is 2.89. The number of rotatable bonds is 4. The minimum absolute atomic E-state index is 0.132. The molecule has 1 aromatic carbocycles. The van der Waals surface area contributed by atoms with Gasteiger partial charge >= 0.3 is 0 Å². The first-order valence-corrected chi connectivity index (χ1v) is 6.01. The Morgan fingerprint density at radius 3 is 2.63 bits per heavy atom. The van der Waals surface area contributed by atoms with Crippen molar-refractivity contribution >= 4 is 11.5 Å². The molecule has 1 heterocycles. The lowest BCUT2D eigenvalue weighted by Gasteiger charge is -2.23. The zero-order valence-corrected chi connectivity index (χ0v) is 10.6. The fraction of sp³-hybridized carbons (Fsp3) is 0.214. The van der Waals surface area contributed by atoms with E-state index in [1.165, 1.54) is 0 Å². The minimum Gasteiger partial charge on any atom is -0.398 e. The van der Waals surface area contributed by atoms with Crippen molar-refractivity contribution < 1.29 is 8.78 Å². The van der Waals surface area contributed by atoms with Gasteiger partial charge in [0.2, 0.25) is 0 Å². The van der Waals surface area contributed by atoms with Crippen molar-refractivity contribution in [2.45, 2.75) is 13.5 Å². The van der Waals surface area contributed by atoms with Gasteiger partial charge in [0.1, 0.15) is 5.82 Å². The lowest BCUT2D eigenvalue weighted by atomic mass is 10.1. The van der Waals surface area contributed by atoms with Crippen molar-refractivity contribution in [1.82, 2.24) is 4.98 Å². The quantitative estimate of drug-likeness (QED) is 0.862. The fourth-order valence-corrected chi connectivity index (χ4v) is 1.86. The van der Waals surface area contributed by atoms with Gasteiger partial charge in [0, 0.05) is 24.8 Å². The molecule has 0 fully saturated rings. The molecule has 3 nitrogen and oxygen atoms in total. The summed E-state index contributed by atoms with van der Waals surface area (Å²) in [5.74, 6) is -1.22. The van der Waals surface area contributed by atoms with E-state index in [2.05, 4.69) is 4.98 Å². The second-order valence-electron chi connectivity index (χ2n) is 4.17. The molecule has 0 radical (unpaired) electrons. The number of nitrogen functional groups attached to an aromatic ring is 1. The van der Waals surface area contributed by atoms with Gasteiger partial charge in [-0.3, -0.25) is 0 Å². The topological polar surface area (TPSA) is 42.1 Å². The summed E-state index contributed by atoms with van der Waals surface area (Å²) >= 11 is 0. The number of nitrogens with zero attached hydrogens (tertiary/aromatic N) is 2. The molecule has 1 aromatic heterocycles. The Hall–Kier alpha value is -2.17. The first-order valence-electron chi connectivity index (χ1n) is 6.01. The molecule has 0 aliphatic rings. The molecule has 2 aromatic rings. The summed E-state index contributed by atoms with van der Waals surface area (Å²) in [6, 6.07) is 8.20. The normalized spacial score (nSPS) is 10.5. The van der Waals surface area contributed by atoms with Crippen LogP contribution in [0.2, 0.25) is 0 Å². The number of para-hydroxylation sites is 1. The van der Waals surface area contributed by atoms with E-state index in [0.29, 0.717) is 18.8 Å². The number of pyridine rings is 1. The monoisotopic (exact) mass is 263 g/mol. The molecule has 0 saturated carbocycles. The Kier molecular flexibility index (Phi) is 3.94. The Bertz CT molecular complexity index is 572. The summed E-state index contributed by atoms with van der Waals surface area (Å²) in [5.41, 5.74) is 7.39. The summed E-state index contributed by atoms with van der Waals surface area (Å²) in [4.78, 5) is 5.52. The van der Waals surface area contributed by atoms with Gasteiger partial charge < -0.3 is 10.6 Å². The molecule has 5 heteroatoms. The van der Waals surface area contributed by atoms with Crippen LogP contribution in [0, 0.1) is 11.6 Å². The van der Waals surface area contributed by atoms with E-state index in [4.69, 9.17) is 5.73 Å². The molecule has 0 saturated heterocycles. The first-order chi connectivity index (χ1) is 9.11. The van der Waals surface area contributed by atoms with Gasteiger partial charge in [0.05, 0.1) is 6.20 Å². The zero-order chi connectivity index (χ0) is 13.8. The van der Waals surface area contributed by atoms with Crippen LogP contribution in [0.15, 0.2) is 36.5 Å². The highest BCUT2D eigenvalue weighted by molar-refractivity contribution is 5.50. The molecule has 0 aliphatic carbocycles. The largest absolute Gasteiger partial charge is 0.398 e. The zero-order valence-electron chi connectivity index (χ0n) is 10.6. The Morgan fingerprint density at radius 2 is 2.00 bits per heavy atom. The maximum absolute atomic E-state index is 13.7. The minimum atomic E-state index is -0.684. The van der Waals surface area contributed by atoms with Gasteiger partial charge in [0.15, 0.2) is 11.6 Å². The summed E-state index contributed by atoms with van der Waals surface area (Å²) in [6.07, 6.45) is 1.01. The Balaban J connectivity index is 2.28. The van der Waals surface area contributed by atoms with Crippen molar-refractivity contribution in [3.8, 4) is 0 Å². The van der Waals surface area contributed by atoms with Crippen molar-refractivity contribution in [2.24, 2.45) is 0 Å². The molecule has 2 N–H and O–H groups in total. The number of halogens is 2. The molecule has 19 heavy (non-hydrogen) atoms. The number of hydrogen-bond donors (Lipinski definition) is 1.